The van der Waals surface area contributed by atoms with Gasteiger partial charge in [0, 0.05) is 44.5 Å². The third-order valence-electron chi connectivity index (χ3n) is 10.9. The van der Waals surface area contributed by atoms with E-state index in [4.69, 9.17) is 19.4 Å². The van der Waals surface area contributed by atoms with E-state index in [1.807, 2.05) is 12.1 Å². The molecule has 2 heterocycles. The molecule has 11 aromatic rings. The number of anilines is 3. The lowest BCUT2D eigenvalue weighted by Crippen LogP contribution is -2.09. The minimum Gasteiger partial charge on any atom is -0.456 e. The molecule has 2 aromatic heterocycles. The van der Waals surface area contributed by atoms with E-state index in [-0.39, 0.29) is 0 Å². The molecule has 0 unspecified atom stereocenters. The predicted octanol–water partition coefficient (Wildman–Crippen LogP) is 14.2. The van der Waals surface area contributed by atoms with Crippen molar-refractivity contribution >= 4 is 60.5 Å². The molecule has 0 saturated heterocycles. The molecular weight excluding hydrogens is 709 g/mol. The summed E-state index contributed by atoms with van der Waals surface area (Å²) in [5.74, 6) is 1.82. The summed E-state index contributed by atoms with van der Waals surface area (Å²) in [7, 11) is 0. The number of furan rings is 1. The number of nitrogens with zero attached hydrogens (tertiary/aromatic N) is 4. The van der Waals surface area contributed by atoms with Crippen molar-refractivity contribution in [1.29, 1.82) is 0 Å². The van der Waals surface area contributed by atoms with E-state index in [0.29, 0.717) is 17.5 Å². The SMILES string of the molecule is c1ccc(-c2ccc(N(c3ccccc3)c3ccc4oc5cc(-c6nc(-c7ccc8ccccc8c7)nc(-c7cccc8ccccc78)n6)ccc5c4c3)cc2)cc1. The lowest BCUT2D eigenvalue weighted by Gasteiger charge is -2.25. The van der Waals surface area contributed by atoms with Crippen molar-refractivity contribution in [2.24, 2.45) is 0 Å². The Kier molecular flexibility index (Phi) is 8.07. The molecule has 0 amide bonds. The summed E-state index contributed by atoms with van der Waals surface area (Å²) in [5.41, 5.74) is 9.86. The third-order valence-corrected chi connectivity index (χ3v) is 10.9. The second-order valence-electron chi connectivity index (χ2n) is 14.5. The Balaban J connectivity index is 1.02. The molecule has 5 nitrogen and oxygen atoms in total. The van der Waals surface area contributed by atoms with Gasteiger partial charge >= 0.3 is 0 Å². The van der Waals surface area contributed by atoms with Gasteiger partial charge in [-0.3, -0.25) is 0 Å². The quantitative estimate of drug-likeness (QED) is 0.163. The molecule has 9 aromatic carbocycles. The summed E-state index contributed by atoms with van der Waals surface area (Å²) >= 11 is 0. The second kappa shape index (κ2) is 14.0. The van der Waals surface area contributed by atoms with Crippen molar-refractivity contribution in [2.75, 3.05) is 4.90 Å². The van der Waals surface area contributed by atoms with Gasteiger partial charge in [-0.05, 0) is 93.3 Å². The van der Waals surface area contributed by atoms with Gasteiger partial charge in [-0.2, -0.15) is 0 Å². The van der Waals surface area contributed by atoms with Crippen molar-refractivity contribution < 1.29 is 4.42 Å². The Morgan fingerprint density at radius 3 is 1.71 bits per heavy atom. The molecule has 0 aliphatic heterocycles. The standard InChI is InChI=1S/C53H34N4O/c1-3-12-35(13-4-1)37-24-27-43(28-25-37)57(42-18-5-2-6-19-42)44-29-31-49-48(34-44)46-30-26-41(33-50(46)58-49)52-54-51(40-23-22-36-14-7-8-16-39(36)32-40)55-53(56-52)47-21-11-17-38-15-9-10-20-45(38)47/h1-34H. The average molecular weight is 743 g/mol. The molecular formula is C53H34N4O. The molecule has 58 heavy (non-hydrogen) atoms. The highest BCUT2D eigenvalue weighted by atomic mass is 16.3. The van der Waals surface area contributed by atoms with E-state index < -0.39 is 0 Å². The zero-order valence-electron chi connectivity index (χ0n) is 31.3. The molecule has 0 aliphatic rings. The first-order valence-corrected chi connectivity index (χ1v) is 19.4. The van der Waals surface area contributed by atoms with Gasteiger partial charge in [0.1, 0.15) is 11.2 Å². The number of para-hydroxylation sites is 1. The molecule has 0 radical (unpaired) electrons. The Labute approximate surface area is 335 Å². The maximum Gasteiger partial charge on any atom is 0.164 e. The van der Waals surface area contributed by atoms with Crippen LogP contribution in [0.4, 0.5) is 17.1 Å². The normalized spacial score (nSPS) is 11.4. The van der Waals surface area contributed by atoms with E-state index >= 15 is 0 Å². The minimum absolute atomic E-state index is 0.582. The van der Waals surface area contributed by atoms with Crippen LogP contribution in [0.25, 0.3) is 88.8 Å². The van der Waals surface area contributed by atoms with E-state index in [2.05, 4.69) is 199 Å². The zero-order valence-corrected chi connectivity index (χ0v) is 31.3. The maximum atomic E-state index is 6.57. The second-order valence-corrected chi connectivity index (χ2v) is 14.5. The van der Waals surface area contributed by atoms with Crippen molar-refractivity contribution in [3.63, 3.8) is 0 Å². The highest BCUT2D eigenvalue weighted by molar-refractivity contribution is 6.07. The van der Waals surface area contributed by atoms with Crippen LogP contribution in [0, 0.1) is 0 Å². The first kappa shape index (κ1) is 33.4. The van der Waals surface area contributed by atoms with Gasteiger partial charge in [0.15, 0.2) is 17.5 Å². The minimum atomic E-state index is 0.582. The number of hydrogen-bond donors (Lipinski definition) is 0. The van der Waals surface area contributed by atoms with Crippen molar-refractivity contribution in [2.45, 2.75) is 0 Å². The molecule has 0 spiro atoms. The van der Waals surface area contributed by atoms with Crippen LogP contribution in [0.3, 0.4) is 0 Å². The van der Waals surface area contributed by atoms with Crippen molar-refractivity contribution in [3.05, 3.63) is 206 Å². The Bertz CT molecular complexity index is 3280. The van der Waals surface area contributed by atoms with Gasteiger partial charge in [-0.15, -0.1) is 0 Å². The summed E-state index contributed by atoms with van der Waals surface area (Å²) in [5, 5.41) is 6.57. The van der Waals surface area contributed by atoms with Gasteiger partial charge in [0.25, 0.3) is 0 Å². The van der Waals surface area contributed by atoms with Gasteiger partial charge in [0.2, 0.25) is 0 Å². The first-order valence-electron chi connectivity index (χ1n) is 19.4. The largest absolute Gasteiger partial charge is 0.456 e. The number of aromatic nitrogens is 3. The van der Waals surface area contributed by atoms with Crippen LogP contribution in [0.15, 0.2) is 211 Å². The Morgan fingerprint density at radius 1 is 0.310 bits per heavy atom. The molecule has 272 valence electrons. The van der Waals surface area contributed by atoms with Crippen LogP contribution in [0.2, 0.25) is 0 Å². The summed E-state index contributed by atoms with van der Waals surface area (Å²) < 4.78 is 6.57. The first-order chi connectivity index (χ1) is 28.7. The summed E-state index contributed by atoms with van der Waals surface area (Å²) in [4.78, 5) is 17.6. The van der Waals surface area contributed by atoms with Crippen LogP contribution in [-0.2, 0) is 0 Å². The van der Waals surface area contributed by atoms with E-state index in [1.165, 1.54) is 16.5 Å². The number of fused-ring (bicyclic) bond motifs is 5. The fourth-order valence-corrected chi connectivity index (χ4v) is 8.00. The van der Waals surface area contributed by atoms with Crippen molar-refractivity contribution in [3.8, 4) is 45.3 Å². The predicted molar refractivity (Wildman–Crippen MR) is 239 cm³/mol. The van der Waals surface area contributed by atoms with Crippen LogP contribution in [0.5, 0.6) is 0 Å². The van der Waals surface area contributed by atoms with Gasteiger partial charge in [-0.1, -0.05) is 146 Å². The van der Waals surface area contributed by atoms with Crippen LogP contribution >= 0.6 is 0 Å². The van der Waals surface area contributed by atoms with Crippen LogP contribution < -0.4 is 4.90 Å². The number of hydrogen-bond acceptors (Lipinski definition) is 5. The van der Waals surface area contributed by atoms with Gasteiger partial charge in [-0.25, -0.2) is 15.0 Å². The molecule has 5 heteroatoms. The monoisotopic (exact) mass is 742 g/mol. The van der Waals surface area contributed by atoms with E-state index in [0.717, 1.165) is 71.8 Å². The molecule has 0 aliphatic carbocycles. The number of rotatable bonds is 7. The zero-order chi connectivity index (χ0) is 38.4. The molecule has 0 saturated carbocycles. The van der Waals surface area contributed by atoms with Crippen LogP contribution in [-0.4, -0.2) is 15.0 Å². The molecule has 0 atom stereocenters. The lowest BCUT2D eigenvalue weighted by atomic mass is 10.0. The maximum absolute atomic E-state index is 6.57. The molecule has 0 fully saturated rings. The molecule has 0 N–H and O–H groups in total. The van der Waals surface area contributed by atoms with E-state index in [1.54, 1.807) is 0 Å². The summed E-state index contributed by atoms with van der Waals surface area (Å²) in [6.07, 6.45) is 0. The molecule has 0 bridgehead atoms. The Morgan fingerprint density at radius 2 is 0.897 bits per heavy atom. The van der Waals surface area contributed by atoms with Crippen LogP contribution in [0.1, 0.15) is 0 Å². The highest BCUT2D eigenvalue weighted by Crippen LogP contribution is 2.40. The van der Waals surface area contributed by atoms with Gasteiger partial charge < -0.3 is 9.32 Å². The average Bonchev–Trinajstić information content (AvgIpc) is 3.67. The van der Waals surface area contributed by atoms with Crippen molar-refractivity contribution in [1.82, 2.24) is 15.0 Å². The van der Waals surface area contributed by atoms with Gasteiger partial charge in [0.05, 0.1) is 0 Å². The summed E-state index contributed by atoms with van der Waals surface area (Å²) in [6.45, 7) is 0. The number of benzene rings is 9. The summed E-state index contributed by atoms with van der Waals surface area (Å²) in [6, 6.07) is 71.7. The highest BCUT2D eigenvalue weighted by Gasteiger charge is 2.18. The molecule has 11 rings (SSSR count). The fourth-order valence-electron chi connectivity index (χ4n) is 8.00. The topological polar surface area (TPSA) is 55.1 Å². The van der Waals surface area contributed by atoms with E-state index in [9.17, 15) is 0 Å². The lowest BCUT2D eigenvalue weighted by molar-refractivity contribution is 0.669. The Hall–Kier alpha value is -7.89. The fraction of sp³-hybridized carbons (Fsp3) is 0. The third kappa shape index (κ3) is 6.03. The smallest absolute Gasteiger partial charge is 0.164 e.